The van der Waals surface area contributed by atoms with Crippen molar-refractivity contribution in [1.82, 2.24) is 4.90 Å². The number of anilines is 1. The molecule has 2 aromatic carbocycles. The maximum atomic E-state index is 12.8. The first-order valence-electron chi connectivity index (χ1n) is 9.39. The molecular weight excluding hydrogens is 360 g/mol. The number of carbonyl (C=O) groups excluding carboxylic acids is 1. The van der Waals surface area contributed by atoms with Crippen molar-refractivity contribution in [3.8, 4) is 5.75 Å². The van der Waals surface area contributed by atoms with Gasteiger partial charge in [0.1, 0.15) is 5.75 Å². The summed E-state index contributed by atoms with van der Waals surface area (Å²) in [5.74, 6) is 0.822. The highest BCUT2D eigenvalue weighted by atomic mass is 35.5. The van der Waals surface area contributed by atoms with E-state index in [2.05, 4.69) is 11.8 Å². The summed E-state index contributed by atoms with van der Waals surface area (Å²) >= 11 is 6.15. The quantitative estimate of drug-likeness (QED) is 0.781. The van der Waals surface area contributed by atoms with Gasteiger partial charge in [-0.1, -0.05) is 29.8 Å². The predicted octanol–water partition coefficient (Wildman–Crippen LogP) is 4.38. The van der Waals surface area contributed by atoms with Crippen LogP contribution in [-0.2, 0) is 4.79 Å². The monoisotopic (exact) mass is 386 g/mol. The summed E-state index contributed by atoms with van der Waals surface area (Å²) in [6.45, 7) is 10.9. The lowest BCUT2D eigenvalue weighted by atomic mass is 10.1. The maximum Gasteiger partial charge on any atom is 0.263 e. The molecule has 144 valence electrons. The van der Waals surface area contributed by atoms with E-state index >= 15 is 0 Å². The first kappa shape index (κ1) is 19.6. The van der Waals surface area contributed by atoms with Gasteiger partial charge in [0, 0.05) is 36.9 Å². The zero-order valence-electron chi connectivity index (χ0n) is 16.5. The average molecular weight is 387 g/mol. The first-order chi connectivity index (χ1) is 12.8. The van der Waals surface area contributed by atoms with Crippen molar-refractivity contribution in [2.24, 2.45) is 0 Å². The van der Waals surface area contributed by atoms with Gasteiger partial charge < -0.3 is 14.5 Å². The summed E-state index contributed by atoms with van der Waals surface area (Å²) in [4.78, 5) is 17.0. The summed E-state index contributed by atoms with van der Waals surface area (Å²) < 4.78 is 5.97. The summed E-state index contributed by atoms with van der Waals surface area (Å²) in [5.41, 5.74) is 4.52. The Kier molecular flexibility index (Phi) is 5.95. The van der Waals surface area contributed by atoms with Crippen LogP contribution in [-0.4, -0.2) is 43.1 Å². The Hall–Kier alpha value is -2.20. The van der Waals surface area contributed by atoms with E-state index < -0.39 is 6.10 Å². The lowest BCUT2D eigenvalue weighted by Gasteiger charge is -2.37. The molecule has 1 aliphatic heterocycles. The molecule has 0 aromatic heterocycles. The third kappa shape index (κ3) is 4.56. The van der Waals surface area contributed by atoms with Crippen LogP contribution in [0.15, 0.2) is 36.4 Å². The van der Waals surface area contributed by atoms with Crippen LogP contribution in [0.2, 0.25) is 5.02 Å². The number of rotatable bonds is 4. The molecule has 0 spiro atoms. The molecule has 1 amide bonds. The van der Waals surface area contributed by atoms with Gasteiger partial charge in [0.05, 0.1) is 0 Å². The van der Waals surface area contributed by atoms with E-state index in [1.165, 1.54) is 5.56 Å². The van der Waals surface area contributed by atoms with Crippen LogP contribution in [0.3, 0.4) is 0 Å². The Bertz CT molecular complexity index is 829. The minimum Gasteiger partial charge on any atom is -0.481 e. The van der Waals surface area contributed by atoms with Crippen molar-refractivity contribution in [1.29, 1.82) is 0 Å². The Morgan fingerprint density at radius 3 is 2.37 bits per heavy atom. The lowest BCUT2D eigenvalue weighted by molar-refractivity contribution is -0.138. The van der Waals surface area contributed by atoms with Crippen LogP contribution < -0.4 is 9.64 Å². The minimum atomic E-state index is -0.495. The van der Waals surface area contributed by atoms with Crippen molar-refractivity contribution < 1.29 is 9.53 Å². The molecule has 5 heteroatoms. The average Bonchev–Trinajstić information content (AvgIpc) is 2.66. The highest BCUT2D eigenvalue weighted by Crippen LogP contribution is 2.26. The minimum absolute atomic E-state index is 0.0402. The fraction of sp³-hybridized carbons (Fsp3) is 0.409. The number of amides is 1. The second-order valence-electron chi connectivity index (χ2n) is 7.27. The van der Waals surface area contributed by atoms with Crippen LogP contribution in [0.5, 0.6) is 5.75 Å². The van der Waals surface area contributed by atoms with Crippen LogP contribution in [0, 0.1) is 20.8 Å². The van der Waals surface area contributed by atoms with Crippen molar-refractivity contribution >= 4 is 23.2 Å². The smallest absolute Gasteiger partial charge is 0.263 e. The van der Waals surface area contributed by atoms with Crippen LogP contribution in [0.4, 0.5) is 5.69 Å². The summed E-state index contributed by atoms with van der Waals surface area (Å²) in [6, 6.07) is 12.0. The summed E-state index contributed by atoms with van der Waals surface area (Å²) in [5, 5.41) is 0.740. The molecule has 0 radical (unpaired) electrons. The molecule has 0 N–H and O–H groups in total. The van der Waals surface area contributed by atoms with Gasteiger partial charge in [0.25, 0.3) is 5.91 Å². The highest BCUT2D eigenvalue weighted by Gasteiger charge is 2.27. The maximum absolute atomic E-state index is 12.8. The van der Waals surface area contributed by atoms with Gasteiger partial charge in [-0.3, -0.25) is 4.79 Å². The fourth-order valence-corrected chi connectivity index (χ4v) is 3.59. The second-order valence-corrected chi connectivity index (χ2v) is 7.71. The molecule has 1 heterocycles. The Morgan fingerprint density at radius 2 is 1.67 bits per heavy atom. The molecule has 0 saturated carbocycles. The van der Waals surface area contributed by atoms with Crippen LogP contribution >= 0.6 is 11.6 Å². The number of benzene rings is 2. The van der Waals surface area contributed by atoms with E-state index in [0.717, 1.165) is 40.7 Å². The molecule has 1 fully saturated rings. The molecule has 27 heavy (non-hydrogen) atoms. The standard InChI is InChI=1S/C22H27ClN2O2/c1-15-5-6-17(3)21(13-15)27-18(4)22(26)25-11-9-24(10-12-25)20-14-19(23)8-7-16(20)2/h5-8,13-14,18H,9-12H2,1-4H3. The van der Waals surface area contributed by atoms with Gasteiger partial charge in [-0.25, -0.2) is 0 Å². The number of hydrogen-bond acceptors (Lipinski definition) is 3. The normalized spacial score (nSPS) is 15.6. The molecular formula is C22H27ClN2O2. The number of nitrogens with zero attached hydrogens (tertiary/aromatic N) is 2. The number of halogens is 1. The van der Waals surface area contributed by atoms with Crippen molar-refractivity contribution in [3.63, 3.8) is 0 Å². The van der Waals surface area contributed by atoms with Gasteiger partial charge in [0.2, 0.25) is 0 Å². The fourth-order valence-electron chi connectivity index (χ4n) is 3.42. The Balaban J connectivity index is 1.61. The molecule has 3 rings (SSSR count). The summed E-state index contributed by atoms with van der Waals surface area (Å²) in [7, 11) is 0. The highest BCUT2D eigenvalue weighted by molar-refractivity contribution is 6.30. The SMILES string of the molecule is Cc1ccc(C)c(OC(C)C(=O)N2CCN(c3cc(Cl)ccc3C)CC2)c1. The van der Waals surface area contributed by atoms with E-state index in [9.17, 15) is 4.79 Å². The number of ether oxygens (including phenoxy) is 1. The number of aryl methyl sites for hydroxylation is 3. The Morgan fingerprint density at radius 1 is 1.00 bits per heavy atom. The van der Waals surface area contributed by atoms with Gasteiger partial charge in [0.15, 0.2) is 6.10 Å². The Labute approximate surface area is 166 Å². The van der Waals surface area contributed by atoms with Crippen molar-refractivity contribution in [2.45, 2.75) is 33.8 Å². The number of piperazine rings is 1. The van der Waals surface area contributed by atoms with Gasteiger partial charge in [-0.2, -0.15) is 0 Å². The lowest BCUT2D eigenvalue weighted by Crippen LogP contribution is -2.52. The van der Waals surface area contributed by atoms with Crippen molar-refractivity contribution in [2.75, 3.05) is 31.1 Å². The van der Waals surface area contributed by atoms with Gasteiger partial charge in [-0.05, 0) is 62.6 Å². The molecule has 0 aliphatic carbocycles. The van der Waals surface area contributed by atoms with Crippen molar-refractivity contribution in [3.05, 3.63) is 58.1 Å². The topological polar surface area (TPSA) is 32.8 Å². The third-order valence-corrected chi connectivity index (χ3v) is 5.33. The molecule has 1 atom stereocenters. The van der Waals surface area contributed by atoms with Crippen LogP contribution in [0.25, 0.3) is 0 Å². The van der Waals surface area contributed by atoms with Gasteiger partial charge in [-0.15, -0.1) is 0 Å². The van der Waals surface area contributed by atoms with E-state index in [1.54, 1.807) is 0 Å². The third-order valence-electron chi connectivity index (χ3n) is 5.10. The molecule has 2 aromatic rings. The van der Waals surface area contributed by atoms with Crippen LogP contribution in [0.1, 0.15) is 23.6 Å². The zero-order chi connectivity index (χ0) is 19.6. The largest absolute Gasteiger partial charge is 0.481 e. The molecule has 1 saturated heterocycles. The number of carbonyl (C=O) groups is 1. The number of hydrogen-bond donors (Lipinski definition) is 0. The zero-order valence-corrected chi connectivity index (χ0v) is 17.2. The molecule has 4 nitrogen and oxygen atoms in total. The van der Waals surface area contributed by atoms with E-state index in [0.29, 0.717) is 13.1 Å². The van der Waals surface area contributed by atoms with E-state index in [1.807, 2.05) is 62.1 Å². The molecule has 0 bridgehead atoms. The van der Waals surface area contributed by atoms with E-state index in [4.69, 9.17) is 16.3 Å². The van der Waals surface area contributed by atoms with Gasteiger partial charge >= 0.3 is 0 Å². The van der Waals surface area contributed by atoms with E-state index in [-0.39, 0.29) is 5.91 Å². The second kappa shape index (κ2) is 8.22. The summed E-state index contributed by atoms with van der Waals surface area (Å²) in [6.07, 6.45) is -0.495. The first-order valence-corrected chi connectivity index (χ1v) is 9.77. The predicted molar refractivity (Wildman–Crippen MR) is 111 cm³/mol. The molecule has 1 aliphatic rings. The molecule has 1 unspecified atom stereocenters.